The van der Waals surface area contributed by atoms with Crippen molar-refractivity contribution in [3.8, 4) is 0 Å². The predicted octanol–water partition coefficient (Wildman–Crippen LogP) is 2.24. The Hall–Kier alpha value is -1.10. The Morgan fingerprint density at radius 2 is 2.20 bits per heavy atom. The van der Waals surface area contributed by atoms with E-state index in [4.69, 9.17) is 16.3 Å². The number of hydrogen-bond acceptors (Lipinski definition) is 3. The van der Waals surface area contributed by atoms with Crippen molar-refractivity contribution in [2.24, 2.45) is 0 Å². The lowest BCUT2D eigenvalue weighted by Gasteiger charge is -2.28. The van der Waals surface area contributed by atoms with E-state index in [9.17, 15) is 4.79 Å². The van der Waals surface area contributed by atoms with Gasteiger partial charge >= 0.3 is 0 Å². The molecule has 2 rings (SSSR count). The molecule has 1 heterocycles. The molecule has 20 heavy (non-hydrogen) atoms. The minimum atomic E-state index is -0.171. The molecule has 3 atom stereocenters. The van der Waals surface area contributed by atoms with E-state index in [0.29, 0.717) is 5.02 Å². The fourth-order valence-corrected chi connectivity index (χ4v) is 2.82. The van der Waals surface area contributed by atoms with Crippen molar-refractivity contribution in [1.82, 2.24) is 10.2 Å². The number of benzene rings is 1. The van der Waals surface area contributed by atoms with Gasteiger partial charge in [0, 0.05) is 25.7 Å². The Morgan fingerprint density at radius 1 is 1.50 bits per heavy atom. The van der Waals surface area contributed by atoms with Gasteiger partial charge in [0.25, 0.3) is 0 Å². The highest BCUT2D eigenvalue weighted by atomic mass is 35.5. The van der Waals surface area contributed by atoms with Gasteiger partial charge in [-0.1, -0.05) is 29.8 Å². The van der Waals surface area contributed by atoms with Gasteiger partial charge in [-0.15, -0.1) is 0 Å². The van der Waals surface area contributed by atoms with Crippen LogP contribution >= 0.6 is 11.6 Å². The fourth-order valence-electron chi connectivity index (χ4n) is 2.53. The molecule has 0 bridgehead atoms. The molecule has 0 saturated carbocycles. The zero-order valence-corrected chi connectivity index (χ0v) is 12.9. The summed E-state index contributed by atoms with van der Waals surface area (Å²) in [7, 11) is 3.49. The van der Waals surface area contributed by atoms with E-state index < -0.39 is 0 Å². The third kappa shape index (κ3) is 3.14. The first kappa shape index (κ1) is 15.3. The lowest BCUT2D eigenvalue weighted by atomic mass is 10.1. The van der Waals surface area contributed by atoms with E-state index in [0.717, 1.165) is 18.5 Å². The maximum atomic E-state index is 12.5. The number of halogens is 1. The second kappa shape index (κ2) is 6.57. The van der Waals surface area contributed by atoms with Crippen LogP contribution in [0.25, 0.3) is 0 Å². The smallest absolute Gasteiger partial charge is 0.240 e. The number of carbonyl (C=O) groups excluding carboxylic acids is 1. The van der Waals surface area contributed by atoms with Crippen LogP contribution in [0.4, 0.5) is 0 Å². The van der Waals surface area contributed by atoms with Crippen LogP contribution in [0.5, 0.6) is 0 Å². The van der Waals surface area contributed by atoms with Crippen molar-refractivity contribution in [3.05, 3.63) is 34.9 Å². The number of carbonyl (C=O) groups is 1. The number of nitrogens with one attached hydrogen (secondary N) is 1. The molecule has 4 nitrogen and oxygen atoms in total. The summed E-state index contributed by atoms with van der Waals surface area (Å²) in [5.41, 5.74) is 0.964. The summed E-state index contributed by atoms with van der Waals surface area (Å²) in [6.07, 6.45) is 0.836. The summed E-state index contributed by atoms with van der Waals surface area (Å²) in [5, 5.41) is 3.90. The number of rotatable bonds is 4. The molecule has 1 amide bonds. The summed E-state index contributed by atoms with van der Waals surface area (Å²) in [6, 6.07) is 7.40. The van der Waals surface area contributed by atoms with E-state index in [1.807, 2.05) is 38.2 Å². The Balaban J connectivity index is 2.05. The minimum Gasteiger partial charge on any atom is -0.380 e. The van der Waals surface area contributed by atoms with Crippen LogP contribution in [0.3, 0.4) is 0 Å². The van der Waals surface area contributed by atoms with Crippen LogP contribution in [-0.2, 0) is 9.53 Å². The Bertz CT molecular complexity index is 481. The minimum absolute atomic E-state index is 0.0559. The standard InChI is InChI=1S/C15H21ClN2O2/c1-10(12-6-4-5-7-13(12)16)18(2)15(19)14-8-11(20-3)9-17-14/h4-7,10-11,14,17H,8-9H2,1-3H3. The molecule has 1 aliphatic rings. The van der Waals surface area contributed by atoms with Gasteiger partial charge in [0.1, 0.15) is 0 Å². The number of amides is 1. The number of hydrogen-bond donors (Lipinski definition) is 1. The largest absolute Gasteiger partial charge is 0.380 e. The number of nitrogens with zero attached hydrogens (tertiary/aromatic N) is 1. The van der Waals surface area contributed by atoms with Crippen LogP contribution in [-0.4, -0.2) is 43.7 Å². The molecule has 5 heteroatoms. The number of likely N-dealkylation sites (N-methyl/N-ethyl adjacent to an activating group) is 1. The van der Waals surface area contributed by atoms with Crippen molar-refractivity contribution in [2.75, 3.05) is 20.7 Å². The highest BCUT2D eigenvalue weighted by Gasteiger charge is 2.33. The van der Waals surface area contributed by atoms with Gasteiger partial charge in [-0.05, 0) is 25.0 Å². The molecule has 0 aliphatic carbocycles. The maximum absolute atomic E-state index is 12.5. The van der Waals surface area contributed by atoms with Crippen LogP contribution in [0.2, 0.25) is 5.02 Å². The summed E-state index contributed by atoms with van der Waals surface area (Å²) >= 11 is 6.20. The Labute approximate surface area is 125 Å². The summed E-state index contributed by atoms with van der Waals surface area (Å²) in [4.78, 5) is 14.2. The summed E-state index contributed by atoms with van der Waals surface area (Å²) in [6.45, 7) is 2.71. The van der Waals surface area contributed by atoms with Gasteiger partial charge in [-0.2, -0.15) is 0 Å². The van der Waals surface area contributed by atoms with Crippen LogP contribution < -0.4 is 5.32 Å². The van der Waals surface area contributed by atoms with Gasteiger partial charge in [-0.3, -0.25) is 4.79 Å². The van der Waals surface area contributed by atoms with Crippen molar-refractivity contribution >= 4 is 17.5 Å². The van der Waals surface area contributed by atoms with E-state index in [2.05, 4.69) is 5.32 Å². The average molecular weight is 297 g/mol. The summed E-state index contributed by atoms with van der Waals surface area (Å²) in [5.74, 6) is 0.0805. The van der Waals surface area contributed by atoms with Crippen molar-refractivity contribution < 1.29 is 9.53 Å². The van der Waals surface area contributed by atoms with Gasteiger partial charge < -0.3 is 15.0 Å². The third-order valence-electron chi connectivity index (χ3n) is 4.01. The molecular formula is C15H21ClN2O2. The Morgan fingerprint density at radius 3 is 2.80 bits per heavy atom. The van der Waals surface area contributed by atoms with Gasteiger partial charge in [-0.25, -0.2) is 0 Å². The Kier molecular flexibility index (Phi) is 5.02. The van der Waals surface area contributed by atoms with Gasteiger partial charge in [0.05, 0.1) is 18.2 Å². The molecule has 0 radical (unpaired) electrons. The topological polar surface area (TPSA) is 41.6 Å². The van der Waals surface area contributed by atoms with E-state index in [1.54, 1.807) is 12.0 Å². The molecule has 0 spiro atoms. The van der Waals surface area contributed by atoms with E-state index in [-0.39, 0.29) is 24.1 Å². The van der Waals surface area contributed by atoms with Gasteiger partial charge in [0.15, 0.2) is 0 Å². The second-order valence-corrected chi connectivity index (χ2v) is 5.61. The van der Waals surface area contributed by atoms with E-state index in [1.165, 1.54) is 0 Å². The molecule has 110 valence electrons. The van der Waals surface area contributed by atoms with Crippen molar-refractivity contribution in [3.63, 3.8) is 0 Å². The lowest BCUT2D eigenvalue weighted by Crippen LogP contribution is -2.42. The highest BCUT2D eigenvalue weighted by Crippen LogP contribution is 2.27. The number of ether oxygens (including phenoxy) is 1. The normalized spacial score (nSPS) is 23.6. The number of methoxy groups -OCH3 is 1. The molecule has 1 aromatic rings. The zero-order chi connectivity index (χ0) is 14.7. The van der Waals surface area contributed by atoms with Gasteiger partial charge in [0.2, 0.25) is 5.91 Å². The zero-order valence-electron chi connectivity index (χ0n) is 12.1. The monoisotopic (exact) mass is 296 g/mol. The molecule has 1 fully saturated rings. The molecule has 1 aromatic carbocycles. The maximum Gasteiger partial charge on any atom is 0.240 e. The lowest BCUT2D eigenvalue weighted by molar-refractivity contribution is -0.133. The van der Waals surface area contributed by atoms with E-state index >= 15 is 0 Å². The molecule has 0 aromatic heterocycles. The second-order valence-electron chi connectivity index (χ2n) is 5.20. The first-order chi connectivity index (χ1) is 9.54. The molecule has 3 unspecified atom stereocenters. The fraction of sp³-hybridized carbons (Fsp3) is 0.533. The van der Waals surface area contributed by atoms with Crippen molar-refractivity contribution in [2.45, 2.75) is 31.5 Å². The van der Waals surface area contributed by atoms with Crippen molar-refractivity contribution in [1.29, 1.82) is 0 Å². The van der Waals surface area contributed by atoms with Crippen LogP contribution in [0.15, 0.2) is 24.3 Å². The molecule has 1 saturated heterocycles. The van der Waals surface area contributed by atoms with Crippen LogP contribution in [0, 0.1) is 0 Å². The molecular weight excluding hydrogens is 276 g/mol. The third-order valence-corrected chi connectivity index (χ3v) is 4.35. The first-order valence-electron chi connectivity index (χ1n) is 6.82. The van der Waals surface area contributed by atoms with Crippen LogP contribution in [0.1, 0.15) is 24.9 Å². The SMILES string of the molecule is COC1CNC(C(=O)N(C)C(C)c2ccccc2Cl)C1. The predicted molar refractivity (Wildman–Crippen MR) is 79.8 cm³/mol. The summed E-state index contributed by atoms with van der Waals surface area (Å²) < 4.78 is 5.28. The first-order valence-corrected chi connectivity index (χ1v) is 7.19. The quantitative estimate of drug-likeness (QED) is 0.926. The molecule has 1 N–H and O–H groups in total. The average Bonchev–Trinajstić information content (AvgIpc) is 2.94. The molecule has 1 aliphatic heterocycles. The highest BCUT2D eigenvalue weighted by molar-refractivity contribution is 6.31.